The highest BCUT2D eigenvalue weighted by atomic mass is 16.6. The van der Waals surface area contributed by atoms with Gasteiger partial charge >= 0.3 is 17.9 Å². The third-order valence-corrected chi connectivity index (χ3v) is 4.00. The Labute approximate surface area is 111 Å². The molecule has 3 fully saturated rings. The normalized spacial score (nSPS) is 34.4. The number of rotatable bonds is 3. The van der Waals surface area contributed by atoms with Gasteiger partial charge in [0.05, 0.1) is 13.0 Å². The summed E-state index contributed by atoms with van der Waals surface area (Å²) >= 11 is 0. The van der Waals surface area contributed by atoms with Crippen molar-refractivity contribution in [3.63, 3.8) is 0 Å². The predicted octanol–water partition coefficient (Wildman–Crippen LogP) is 0.823. The molecule has 3 rings (SSSR count). The Morgan fingerprint density at radius 3 is 2.63 bits per heavy atom. The van der Waals surface area contributed by atoms with Gasteiger partial charge in [-0.2, -0.15) is 0 Å². The van der Waals surface area contributed by atoms with E-state index in [0.29, 0.717) is 12.8 Å². The van der Waals surface area contributed by atoms with Gasteiger partial charge < -0.3 is 14.2 Å². The van der Waals surface area contributed by atoms with Gasteiger partial charge in [-0.05, 0) is 26.7 Å². The van der Waals surface area contributed by atoms with E-state index in [1.54, 1.807) is 6.92 Å². The van der Waals surface area contributed by atoms with Crippen molar-refractivity contribution in [3.05, 3.63) is 0 Å². The molecule has 0 aromatic heterocycles. The zero-order valence-electron chi connectivity index (χ0n) is 11.3. The predicted molar refractivity (Wildman–Crippen MR) is 62.9 cm³/mol. The maximum Gasteiger partial charge on any atom is 0.320 e. The molecule has 2 aliphatic heterocycles. The second kappa shape index (κ2) is 4.83. The van der Waals surface area contributed by atoms with Crippen LogP contribution in [0.5, 0.6) is 0 Å². The molecular weight excluding hydrogens is 252 g/mol. The molecule has 0 amide bonds. The van der Waals surface area contributed by atoms with Crippen LogP contribution >= 0.6 is 0 Å². The fourth-order valence-corrected chi connectivity index (χ4v) is 2.58. The van der Waals surface area contributed by atoms with Crippen LogP contribution in [0.15, 0.2) is 0 Å². The Kier molecular flexibility index (Phi) is 3.52. The van der Waals surface area contributed by atoms with Gasteiger partial charge in [0.1, 0.15) is 11.7 Å². The summed E-state index contributed by atoms with van der Waals surface area (Å²) in [5.74, 6) is -2.66. The first-order chi connectivity index (χ1) is 8.87. The standard InChI is InChI=1S/C13H18O6/c1-7(10(14)17-3)11(15)18-9-6-8-4-5-13(9,2)19-12(8)16/h7-9H,4-6H2,1-3H3. The molecule has 2 bridgehead atoms. The van der Waals surface area contributed by atoms with Crippen molar-refractivity contribution in [3.8, 4) is 0 Å². The first kappa shape index (κ1) is 13.8. The first-order valence-electron chi connectivity index (χ1n) is 6.38. The lowest BCUT2D eigenvalue weighted by atomic mass is 9.74. The number of methoxy groups -OCH3 is 1. The van der Waals surface area contributed by atoms with Crippen molar-refractivity contribution in [2.75, 3.05) is 7.11 Å². The highest BCUT2D eigenvalue weighted by Crippen LogP contribution is 2.43. The highest BCUT2D eigenvalue weighted by molar-refractivity contribution is 5.94. The molecule has 0 aromatic rings. The Hall–Kier alpha value is -1.59. The number of hydrogen-bond donors (Lipinski definition) is 0. The molecule has 3 aliphatic rings. The van der Waals surface area contributed by atoms with Crippen LogP contribution in [-0.2, 0) is 28.6 Å². The van der Waals surface area contributed by atoms with Crippen LogP contribution < -0.4 is 0 Å². The number of fused-ring (bicyclic) bond motifs is 3. The van der Waals surface area contributed by atoms with E-state index in [0.717, 1.165) is 6.42 Å². The molecule has 2 saturated heterocycles. The van der Waals surface area contributed by atoms with Crippen LogP contribution in [0.2, 0.25) is 0 Å². The smallest absolute Gasteiger partial charge is 0.320 e. The summed E-state index contributed by atoms with van der Waals surface area (Å²) in [6.45, 7) is 3.20. The minimum absolute atomic E-state index is 0.201. The van der Waals surface area contributed by atoms with Crippen molar-refractivity contribution < 1.29 is 28.6 Å². The summed E-state index contributed by atoms with van der Waals surface area (Å²) < 4.78 is 15.2. The molecule has 0 radical (unpaired) electrons. The monoisotopic (exact) mass is 270 g/mol. The molecule has 4 atom stereocenters. The summed E-state index contributed by atoms with van der Waals surface area (Å²) in [4.78, 5) is 34.7. The Bertz CT molecular complexity index is 417. The van der Waals surface area contributed by atoms with Gasteiger partial charge in [0.25, 0.3) is 0 Å². The molecule has 6 heteroatoms. The average Bonchev–Trinajstić information content (AvgIpc) is 2.38. The molecule has 1 saturated carbocycles. The molecule has 0 N–H and O–H groups in total. The SMILES string of the molecule is COC(=O)C(C)C(=O)OC1CC2CCC1(C)OC2=O. The number of hydrogen-bond acceptors (Lipinski definition) is 6. The molecule has 0 aromatic carbocycles. The quantitative estimate of drug-likeness (QED) is 0.429. The average molecular weight is 270 g/mol. The van der Waals surface area contributed by atoms with Crippen LogP contribution in [0.4, 0.5) is 0 Å². The van der Waals surface area contributed by atoms with Gasteiger partial charge in [-0.1, -0.05) is 0 Å². The Morgan fingerprint density at radius 1 is 1.42 bits per heavy atom. The summed E-state index contributed by atoms with van der Waals surface area (Å²) in [5.41, 5.74) is -0.767. The number of carbonyl (C=O) groups is 3. The van der Waals surface area contributed by atoms with Gasteiger partial charge in [0.15, 0.2) is 5.92 Å². The van der Waals surface area contributed by atoms with E-state index in [2.05, 4.69) is 4.74 Å². The molecule has 106 valence electrons. The molecule has 4 unspecified atom stereocenters. The van der Waals surface area contributed by atoms with E-state index < -0.39 is 29.6 Å². The molecule has 6 nitrogen and oxygen atoms in total. The summed E-state index contributed by atoms with van der Waals surface area (Å²) in [5, 5.41) is 0. The Morgan fingerprint density at radius 2 is 2.11 bits per heavy atom. The van der Waals surface area contributed by atoms with E-state index in [1.165, 1.54) is 14.0 Å². The second-order valence-corrected chi connectivity index (χ2v) is 5.38. The zero-order valence-corrected chi connectivity index (χ0v) is 11.3. The lowest BCUT2D eigenvalue weighted by molar-refractivity contribution is -0.220. The summed E-state index contributed by atoms with van der Waals surface area (Å²) in [6, 6.07) is 0. The minimum Gasteiger partial charge on any atom is -0.468 e. The second-order valence-electron chi connectivity index (χ2n) is 5.38. The molecule has 2 heterocycles. The van der Waals surface area contributed by atoms with Crippen molar-refractivity contribution in [1.82, 2.24) is 0 Å². The fourth-order valence-electron chi connectivity index (χ4n) is 2.58. The van der Waals surface area contributed by atoms with E-state index in [9.17, 15) is 14.4 Å². The molecule has 1 aliphatic carbocycles. The van der Waals surface area contributed by atoms with Crippen LogP contribution in [0, 0.1) is 11.8 Å². The topological polar surface area (TPSA) is 78.9 Å². The largest absolute Gasteiger partial charge is 0.468 e. The third kappa shape index (κ3) is 2.43. The van der Waals surface area contributed by atoms with Gasteiger partial charge in [-0.3, -0.25) is 14.4 Å². The lowest BCUT2D eigenvalue weighted by Crippen LogP contribution is -2.57. The van der Waals surface area contributed by atoms with Crippen molar-refractivity contribution in [2.24, 2.45) is 11.8 Å². The third-order valence-electron chi connectivity index (χ3n) is 4.00. The fraction of sp³-hybridized carbons (Fsp3) is 0.769. The molecule has 0 spiro atoms. The summed E-state index contributed by atoms with van der Waals surface area (Å²) in [7, 11) is 1.22. The van der Waals surface area contributed by atoms with Gasteiger partial charge in [-0.25, -0.2) is 0 Å². The van der Waals surface area contributed by atoms with Crippen molar-refractivity contribution in [2.45, 2.75) is 44.8 Å². The zero-order chi connectivity index (χ0) is 14.2. The van der Waals surface area contributed by atoms with Gasteiger partial charge in [0, 0.05) is 6.42 Å². The molecular formula is C13H18O6. The van der Waals surface area contributed by atoms with E-state index in [4.69, 9.17) is 9.47 Å². The van der Waals surface area contributed by atoms with E-state index in [-0.39, 0.29) is 11.9 Å². The van der Waals surface area contributed by atoms with Crippen LogP contribution in [0.3, 0.4) is 0 Å². The van der Waals surface area contributed by atoms with Crippen LogP contribution in [-0.4, -0.2) is 36.7 Å². The highest BCUT2D eigenvalue weighted by Gasteiger charge is 2.53. The number of esters is 3. The van der Waals surface area contributed by atoms with Crippen molar-refractivity contribution in [1.29, 1.82) is 0 Å². The maximum absolute atomic E-state index is 11.8. The van der Waals surface area contributed by atoms with E-state index in [1.807, 2.05) is 0 Å². The summed E-state index contributed by atoms with van der Waals surface area (Å²) in [6.07, 6.45) is 1.42. The minimum atomic E-state index is -0.968. The van der Waals surface area contributed by atoms with Gasteiger partial charge in [-0.15, -0.1) is 0 Å². The van der Waals surface area contributed by atoms with Gasteiger partial charge in [0.2, 0.25) is 0 Å². The van der Waals surface area contributed by atoms with Crippen molar-refractivity contribution >= 4 is 17.9 Å². The maximum atomic E-state index is 11.8. The lowest BCUT2D eigenvalue weighted by Gasteiger charge is -2.47. The van der Waals surface area contributed by atoms with E-state index >= 15 is 0 Å². The molecule has 19 heavy (non-hydrogen) atoms. The van der Waals surface area contributed by atoms with Crippen LogP contribution in [0.1, 0.15) is 33.1 Å². The first-order valence-corrected chi connectivity index (χ1v) is 6.38. The Balaban J connectivity index is 2.02. The number of carbonyl (C=O) groups excluding carboxylic acids is 3. The number of ether oxygens (including phenoxy) is 3. The van der Waals surface area contributed by atoms with Crippen LogP contribution in [0.25, 0.3) is 0 Å².